The zero-order valence-electron chi connectivity index (χ0n) is 15.8. The van der Waals surface area contributed by atoms with Crippen LogP contribution in [0.5, 0.6) is 11.5 Å². The van der Waals surface area contributed by atoms with E-state index in [1.807, 2.05) is 25.1 Å². The van der Waals surface area contributed by atoms with Crippen molar-refractivity contribution in [3.63, 3.8) is 0 Å². The summed E-state index contributed by atoms with van der Waals surface area (Å²) in [6.45, 7) is 8.39. The van der Waals surface area contributed by atoms with Gasteiger partial charge < -0.3 is 14.2 Å². The van der Waals surface area contributed by atoms with E-state index in [0.29, 0.717) is 40.5 Å². The van der Waals surface area contributed by atoms with Gasteiger partial charge in [0.25, 0.3) is 0 Å². The van der Waals surface area contributed by atoms with Gasteiger partial charge in [-0.1, -0.05) is 29.8 Å². The second-order valence-electron chi connectivity index (χ2n) is 5.92. The minimum Gasteiger partial charge on any atom is -0.489 e. The van der Waals surface area contributed by atoms with Crippen LogP contribution < -0.4 is 9.47 Å². The molecule has 0 heterocycles. The van der Waals surface area contributed by atoms with E-state index < -0.39 is 0 Å². The first-order valence-electron chi connectivity index (χ1n) is 8.65. The lowest BCUT2D eigenvalue weighted by atomic mass is 10.2. The Balaban J connectivity index is 1.79. The predicted octanol–water partition coefficient (Wildman–Crippen LogP) is 5.97. The number of ether oxygens (including phenoxy) is 3. The molecule has 28 heavy (non-hydrogen) atoms. The molecule has 0 bridgehead atoms. The van der Waals surface area contributed by atoms with Crippen molar-refractivity contribution in [1.82, 2.24) is 0 Å². The zero-order valence-corrected chi connectivity index (χ0v) is 18.1. The smallest absolute Gasteiger partial charge is 0.344 e. The summed E-state index contributed by atoms with van der Waals surface area (Å²) in [5.74, 6) is 1.65. The highest BCUT2D eigenvalue weighted by molar-refractivity contribution is 7.99. The molecule has 0 N–H and O–H groups in total. The Morgan fingerprint density at radius 3 is 2.54 bits per heavy atom. The fraction of sp³-hybridized carbons (Fsp3) is 0.286. The Labute approximate surface area is 179 Å². The Morgan fingerprint density at radius 2 is 1.86 bits per heavy atom. The van der Waals surface area contributed by atoms with Gasteiger partial charge in [-0.05, 0) is 55.3 Å². The van der Waals surface area contributed by atoms with Gasteiger partial charge in [-0.15, -0.1) is 11.8 Å². The van der Waals surface area contributed by atoms with Crippen molar-refractivity contribution >= 4 is 40.9 Å². The first-order valence-corrected chi connectivity index (χ1v) is 10.4. The van der Waals surface area contributed by atoms with Crippen LogP contribution in [0.3, 0.4) is 0 Å². The lowest BCUT2D eigenvalue weighted by Gasteiger charge is -2.11. The number of rotatable bonds is 10. The van der Waals surface area contributed by atoms with Gasteiger partial charge >= 0.3 is 5.97 Å². The summed E-state index contributed by atoms with van der Waals surface area (Å²) in [4.78, 5) is 12.5. The summed E-state index contributed by atoms with van der Waals surface area (Å²) in [6.07, 6.45) is 0. The van der Waals surface area contributed by atoms with Crippen LogP contribution in [0.1, 0.15) is 12.5 Å². The molecule has 150 valence electrons. The molecular formula is C21H22Cl2O4S. The van der Waals surface area contributed by atoms with Crippen LogP contribution in [-0.2, 0) is 9.53 Å². The third kappa shape index (κ3) is 7.30. The van der Waals surface area contributed by atoms with Crippen LogP contribution in [0.2, 0.25) is 10.0 Å². The van der Waals surface area contributed by atoms with Crippen LogP contribution >= 0.6 is 35.0 Å². The highest BCUT2D eigenvalue weighted by Gasteiger charge is 2.07. The lowest BCUT2D eigenvalue weighted by molar-refractivity contribution is -0.145. The van der Waals surface area contributed by atoms with E-state index in [-0.39, 0.29) is 12.6 Å². The molecule has 0 aliphatic heterocycles. The van der Waals surface area contributed by atoms with E-state index in [2.05, 4.69) is 6.58 Å². The quantitative estimate of drug-likeness (QED) is 0.258. The SMILES string of the molecule is C=C(COc1ccc(Cl)c(Cl)c1)CSc1ccc(OCC(=O)OCC)c(C)c1. The summed E-state index contributed by atoms with van der Waals surface area (Å²) < 4.78 is 16.0. The summed E-state index contributed by atoms with van der Waals surface area (Å²) in [7, 11) is 0. The predicted molar refractivity (Wildman–Crippen MR) is 115 cm³/mol. The van der Waals surface area contributed by atoms with Crippen molar-refractivity contribution in [2.45, 2.75) is 18.7 Å². The molecule has 0 saturated carbocycles. The van der Waals surface area contributed by atoms with Gasteiger partial charge in [-0.25, -0.2) is 4.79 Å². The number of aryl methyl sites for hydroxylation is 1. The van der Waals surface area contributed by atoms with Crippen molar-refractivity contribution in [1.29, 1.82) is 0 Å². The fourth-order valence-corrected chi connectivity index (χ4v) is 3.36. The third-order valence-corrected chi connectivity index (χ3v) is 5.45. The van der Waals surface area contributed by atoms with Crippen LogP contribution in [0, 0.1) is 6.92 Å². The van der Waals surface area contributed by atoms with Gasteiger partial charge in [0.2, 0.25) is 0 Å². The molecule has 4 nitrogen and oxygen atoms in total. The van der Waals surface area contributed by atoms with E-state index in [9.17, 15) is 4.79 Å². The molecule has 0 atom stereocenters. The van der Waals surface area contributed by atoms with E-state index >= 15 is 0 Å². The van der Waals surface area contributed by atoms with Crippen LogP contribution in [0.15, 0.2) is 53.4 Å². The van der Waals surface area contributed by atoms with Crippen LogP contribution in [0.4, 0.5) is 0 Å². The number of hydrogen-bond acceptors (Lipinski definition) is 5. The Bertz CT molecular complexity index is 839. The van der Waals surface area contributed by atoms with Gasteiger partial charge in [0.1, 0.15) is 18.1 Å². The Morgan fingerprint density at radius 1 is 1.07 bits per heavy atom. The Kier molecular flexibility index (Phi) is 9.03. The second-order valence-corrected chi connectivity index (χ2v) is 7.79. The maximum Gasteiger partial charge on any atom is 0.344 e. The zero-order chi connectivity index (χ0) is 20.5. The standard InChI is InChI=1S/C21H22Cl2O4S/c1-4-25-21(24)12-27-20-8-6-17(9-15(20)3)28-13-14(2)11-26-16-5-7-18(22)19(23)10-16/h5-10H,2,4,11-13H2,1,3H3. The lowest BCUT2D eigenvalue weighted by Crippen LogP contribution is -2.14. The highest BCUT2D eigenvalue weighted by Crippen LogP contribution is 2.28. The van der Waals surface area contributed by atoms with Crippen molar-refractivity contribution in [2.75, 3.05) is 25.6 Å². The van der Waals surface area contributed by atoms with Gasteiger partial charge in [-0.3, -0.25) is 0 Å². The van der Waals surface area contributed by atoms with Gasteiger partial charge in [0.05, 0.1) is 16.7 Å². The van der Waals surface area contributed by atoms with Crippen molar-refractivity contribution in [3.8, 4) is 11.5 Å². The van der Waals surface area contributed by atoms with Crippen molar-refractivity contribution in [2.24, 2.45) is 0 Å². The van der Waals surface area contributed by atoms with Gasteiger partial charge in [0, 0.05) is 16.7 Å². The number of hydrogen-bond donors (Lipinski definition) is 0. The average molecular weight is 441 g/mol. The van der Waals surface area contributed by atoms with E-state index in [0.717, 1.165) is 16.0 Å². The molecule has 0 aliphatic rings. The monoisotopic (exact) mass is 440 g/mol. The summed E-state index contributed by atoms with van der Waals surface area (Å²) in [5, 5.41) is 0.952. The number of carbonyl (C=O) groups is 1. The normalized spacial score (nSPS) is 10.4. The molecule has 0 amide bonds. The first-order chi connectivity index (χ1) is 13.4. The fourth-order valence-electron chi connectivity index (χ4n) is 2.19. The van der Waals surface area contributed by atoms with E-state index in [1.54, 1.807) is 36.9 Å². The van der Waals surface area contributed by atoms with Crippen molar-refractivity contribution in [3.05, 3.63) is 64.2 Å². The topological polar surface area (TPSA) is 44.8 Å². The average Bonchev–Trinajstić information content (AvgIpc) is 2.66. The molecule has 2 rings (SSSR count). The minimum atomic E-state index is -0.376. The highest BCUT2D eigenvalue weighted by atomic mass is 35.5. The number of carbonyl (C=O) groups excluding carboxylic acids is 1. The van der Waals surface area contributed by atoms with E-state index in [4.69, 9.17) is 37.4 Å². The minimum absolute atomic E-state index is 0.0932. The molecule has 2 aromatic carbocycles. The molecular weight excluding hydrogens is 419 g/mol. The molecule has 0 saturated heterocycles. The molecule has 0 aromatic heterocycles. The second kappa shape index (κ2) is 11.2. The molecule has 0 aliphatic carbocycles. The summed E-state index contributed by atoms with van der Waals surface area (Å²) >= 11 is 13.5. The third-order valence-electron chi connectivity index (χ3n) is 3.57. The molecule has 0 radical (unpaired) electrons. The van der Waals surface area contributed by atoms with Crippen LogP contribution in [-0.4, -0.2) is 31.5 Å². The van der Waals surface area contributed by atoms with Gasteiger partial charge in [-0.2, -0.15) is 0 Å². The van der Waals surface area contributed by atoms with Crippen LogP contribution in [0.25, 0.3) is 0 Å². The molecule has 0 fully saturated rings. The maximum absolute atomic E-state index is 11.4. The molecule has 2 aromatic rings. The molecule has 7 heteroatoms. The van der Waals surface area contributed by atoms with Crippen molar-refractivity contribution < 1.29 is 19.0 Å². The first kappa shape index (κ1) is 22.5. The number of benzene rings is 2. The van der Waals surface area contributed by atoms with Gasteiger partial charge in [0.15, 0.2) is 6.61 Å². The Hall–Kier alpha value is -1.82. The number of halogens is 2. The summed E-state index contributed by atoms with van der Waals surface area (Å²) in [6, 6.07) is 11.0. The largest absolute Gasteiger partial charge is 0.489 e. The number of thioether (sulfide) groups is 1. The summed E-state index contributed by atoms with van der Waals surface area (Å²) in [5.41, 5.74) is 1.89. The number of esters is 1. The molecule has 0 unspecified atom stereocenters. The van der Waals surface area contributed by atoms with E-state index in [1.165, 1.54) is 0 Å². The maximum atomic E-state index is 11.4. The molecule has 0 spiro atoms.